The number of aromatic nitrogens is 2. The van der Waals surface area contributed by atoms with E-state index in [2.05, 4.69) is 5.10 Å². The molecule has 12 heavy (non-hydrogen) atoms. The minimum absolute atomic E-state index is 0.0214. The van der Waals surface area contributed by atoms with Gasteiger partial charge in [0.25, 0.3) is 10.0 Å². The summed E-state index contributed by atoms with van der Waals surface area (Å²) in [6.07, 6.45) is 1.41. The molecule has 0 radical (unpaired) electrons. The van der Waals surface area contributed by atoms with E-state index < -0.39 is 10.0 Å². The van der Waals surface area contributed by atoms with Gasteiger partial charge >= 0.3 is 0 Å². The lowest BCUT2D eigenvalue weighted by Gasteiger charge is -1.97. The van der Waals surface area contributed by atoms with Crippen molar-refractivity contribution in [2.75, 3.05) is 11.5 Å². The predicted molar refractivity (Wildman–Crippen MR) is 46.2 cm³/mol. The van der Waals surface area contributed by atoms with Gasteiger partial charge in [-0.15, -0.1) is 5.10 Å². The Bertz CT molecular complexity index is 360. The standard InChI is InChI=1S/C6H11N3O2S/c1-3-12(10,11)9-4-5(2)6(7)8-9/h4H,3H2,1-2H3,(H2,7,8). The van der Waals surface area contributed by atoms with Crippen LogP contribution in [0.4, 0.5) is 5.82 Å². The fraction of sp³-hybridized carbons (Fsp3) is 0.500. The molecule has 1 aromatic heterocycles. The topological polar surface area (TPSA) is 78.0 Å². The lowest BCUT2D eigenvalue weighted by molar-refractivity contribution is 0.581. The maximum Gasteiger partial charge on any atom is 0.253 e. The van der Waals surface area contributed by atoms with Crippen molar-refractivity contribution in [3.8, 4) is 0 Å². The Morgan fingerprint density at radius 1 is 1.67 bits per heavy atom. The fourth-order valence-electron chi connectivity index (χ4n) is 0.720. The summed E-state index contributed by atoms with van der Waals surface area (Å²) in [6.45, 7) is 3.27. The van der Waals surface area contributed by atoms with Gasteiger partial charge in [-0.1, -0.05) is 0 Å². The third-order valence-electron chi connectivity index (χ3n) is 1.56. The van der Waals surface area contributed by atoms with E-state index in [9.17, 15) is 8.42 Å². The van der Waals surface area contributed by atoms with E-state index in [0.29, 0.717) is 5.56 Å². The first kappa shape index (κ1) is 9.05. The Hall–Kier alpha value is -1.04. The Balaban J connectivity index is 3.22. The number of hydrogen-bond donors (Lipinski definition) is 1. The van der Waals surface area contributed by atoms with Gasteiger partial charge in [-0.2, -0.15) is 4.09 Å². The second kappa shape index (κ2) is 2.78. The summed E-state index contributed by atoms with van der Waals surface area (Å²) in [4.78, 5) is 0. The minimum Gasteiger partial charge on any atom is -0.382 e. The van der Waals surface area contributed by atoms with Crippen LogP contribution in [-0.2, 0) is 10.0 Å². The highest BCUT2D eigenvalue weighted by atomic mass is 32.2. The van der Waals surface area contributed by atoms with E-state index >= 15 is 0 Å². The Morgan fingerprint density at radius 3 is 2.58 bits per heavy atom. The van der Waals surface area contributed by atoms with Crippen LogP contribution >= 0.6 is 0 Å². The summed E-state index contributed by atoms with van der Waals surface area (Å²) in [6, 6.07) is 0. The Kier molecular flexibility index (Phi) is 2.10. The Labute approximate surface area is 71.2 Å². The van der Waals surface area contributed by atoms with Crippen LogP contribution in [0.5, 0.6) is 0 Å². The van der Waals surface area contributed by atoms with Gasteiger partial charge in [-0.25, -0.2) is 8.42 Å². The molecule has 0 amide bonds. The van der Waals surface area contributed by atoms with Crippen LogP contribution in [0.25, 0.3) is 0 Å². The van der Waals surface area contributed by atoms with Crippen molar-refractivity contribution in [3.05, 3.63) is 11.8 Å². The van der Waals surface area contributed by atoms with Crippen LogP contribution in [0.2, 0.25) is 0 Å². The van der Waals surface area contributed by atoms with Gasteiger partial charge in [0.05, 0.1) is 5.75 Å². The van der Waals surface area contributed by atoms with Crippen molar-refractivity contribution in [1.82, 2.24) is 9.19 Å². The summed E-state index contributed by atoms with van der Waals surface area (Å²) in [5, 5.41) is 3.66. The number of nitrogen functional groups attached to an aromatic ring is 1. The van der Waals surface area contributed by atoms with E-state index in [1.165, 1.54) is 6.20 Å². The number of hydrogen-bond acceptors (Lipinski definition) is 4. The first-order valence-electron chi connectivity index (χ1n) is 3.52. The second-order valence-corrected chi connectivity index (χ2v) is 4.59. The van der Waals surface area contributed by atoms with E-state index in [1.54, 1.807) is 13.8 Å². The van der Waals surface area contributed by atoms with Gasteiger partial charge in [0.1, 0.15) is 5.82 Å². The second-order valence-electron chi connectivity index (χ2n) is 2.47. The first-order valence-corrected chi connectivity index (χ1v) is 5.13. The molecule has 0 unspecified atom stereocenters. The maximum atomic E-state index is 11.2. The quantitative estimate of drug-likeness (QED) is 0.708. The van der Waals surface area contributed by atoms with Crippen molar-refractivity contribution < 1.29 is 8.42 Å². The van der Waals surface area contributed by atoms with Crippen LogP contribution in [0.1, 0.15) is 12.5 Å². The SMILES string of the molecule is CCS(=O)(=O)n1cc(C)c(N)n1. The van der Waals surface area contributed by atoms with Crippen molar-refractivity contribution >= 4 is 15.8 Å². The van der Waals surface area contributed by atoms with Gasteiger partial charge < -0.3 is 5.73 Å². The van der Waals surface area contributed by atoms with Gasteiger partial charge in [0.2, 0.25) is 0 Å². The predicted octanol–water partition coefficient (Wildman–Crippen LogP) is -0.0285. The number of rotatable bonds is 2. The van der Waals surface area contributed by atoms with E-state index in [-0.39, 0.29) is 11.6 Å². The van der Waals surface area contributed by atoms with Crippen LogP contribution in [-0.4, -0.2) is 23.4 Å². The molecule has 0 aromatic carbocycles. The van der Waals surface area contributed by atoms with Crippen molar-refractivity contribution in [3.63, 3.8) is 0 Å². The van der Waals surface area contributed by atoms with Crippen LogP contribution in [0.3, 0.4) is 0 Å². The van der Waals surface area contributed by atoms with Crippen molar-refractivity contribution in [2.45, 2.75) is 13.8 Å². The van der Waals surface area contributed by atoms with Gasteiger partial charge in [0, 0.05) is 11.8 Å². The number of anilines is 1. The largest absolute Gasteiger partial charge is 0.382 e. The molecule has 0 bridgehead atoms. The molecule has 0 saturated heterocycles. The summed E-state index contributed by atoms with van der Waals surface area (Å²) in [7, 11) is -3.27. The van der Waals surface area contributed by atoms with Gasteiger partial charge in [0.15, 0.2) is 0 Å². The molecule has 6 heteroatoms. The Morgan fingerprint density at radius 2 is 2.25 bits per heavy atom. The van der Waals surface area contributed by atoms with Gasteiger partial charge in [-0.3, -0.25) is 0 Å². The molecular formula is C6H11N3O2S. The lowest BCUT2D eigenvalue weighted by Crippen LogP contribution is -2.15. The van der Waals surface area contributed by atoms with Crippen molar-refractivity contribution in [1.29, 1.82) is 0 Å². The summed E-state index contributed by atoms with van der Waals surface area (Å²) < 4.78 is 23.3. The molecule has 0 fully saturated rings. The number of aryl methyl sites for hydroxylation is 1. The molecule has 1 heterocycles. The zero-order chi connectivity index (χ0) is 9.35. The molecule has 0 aliphatic carbocycles. The van der Waals surface area contributed by atoms with Crippen molar-refractivity contribution in [2.24, 2.45) is 0 Å². The normalized spacial score (nSPS) is 11.8. The molecule has 1 rings (SSSR count). The van der Waals surface area contributed by atoms with Crippen LogP contribution in [0.15, 0.2) is 6.20 Å². The third-order valence-corrected chi connectivity index (χ3v) is 3.05. The molecule has 0 atom stereocenters. The lowest BCUT2D eigenvalue weighted by atomic mass is 10.4. The molecular weight excluding hydrogens is 178 g/mol. The molecule has 68 valence electrons. The fourth-order valence-corrected chi connectivity index (χ4v) is 1.52. The van der Waals surface area contributed by atoms with Gasteiger partial charge in [-0.05, 0) is 13.8 Å². The molecule has 0 aliphatic rings. The van der Waals surface area contributed by atoms with E-state index in [4.69, 9.17) is 5.73 Å². The number of nitrogens with zero attached hydrogens (tertiary/aromatic N) is 2. The molecule has 2 N–H and O–H groups in total. The summed E-state index contributed by atoms with van der Waals surface area (Å²) in [5.41, 5.74) is 6.07. The zero-order valence-electron chi connectivity index (χ0n) is 6.98. The van der Waals surface area contributed by atoms with E-state index in [0.717, 1.165) is 4.09 Å². The van der Waals surface area contributed by atoms with Crippen LogP contribution in [0, 0.1) is 6.92 Å². The smallest absolute Gasteiger partial charge is 0.253 e. The third kappa shape index (κ3) is 1.42. The highest BCUT2D eigenvalue weighted by molar-refractivity contribution is 7.89. The molecule has 0 spiro atoms. The highest BCUT2D eigenvalue weighted by Crippen LogP contribution is 2.08. The average molecular weight is 189 g/mol. The van der Waals surface area contributed by atoms with E-state index in [1.807, 2.05) is 0 Å². The maximum absolute atomic E-state index is 11.2. The van der Waals surface area contributed by atoms with Crippen LogP contribution < -0.4 is 5.73 Å². The zero-order valence-corrected chi connectivity index (χ0v) is 7.80. The first-order chi connectivity index (χ1) is 5.47. The number of nitrogens with two attached hydrogens (primary N) is 1. The monoisotopic (exact) mass is 189 g/mol. The molecule has 1 aromatic rings. The summed E-state index contributed by atoms with van der Waals surface area (Å²) >= 11 is 0. The highest BCUT2D eigenvalue weighted by Gasteiger charge is 2.12. The minimum atomic E-state index is -3.27. The molecule has 0 saturated carbocycles. The molecule has 0 aliphatic heterocycles. The average Bonchev–Trinajstić information content (AvgIpc) is 2.33. The molecule has 5 nitrogen and oxygen atoms in total. The summed E-state index contributed by atoms with van der Waals surface area (Å²) in [5.74, 6) is 0.278.